The van der Waals surface area contributed by atoms with Gasteiger partial charge in [-0.2, -0.15) is 0 Å². The van der Waals surface area contributed by atoms with E-state index in [4.69, 9.17) is 5.84 Å². The molecular weight excluding hydrogens is 220 g/mol. The molecule has 0 radical (unpaired) electrons. The van der Waals surface area contributed by atoms with Crippen molar-refractivity contribution in [2.75, 3.05) is 0 Å². The van der Waals surface area contributed by atoms with Crippen molar-refractivity contribution in [2.45, 2.75) is 6.42 Å². The highest BCUT2D eigenvalue weighted by molar-refractivity contribution is 9.10. The van der Waals surface area contributed by atoms with E-state index in [1.807, 2.05) is 24.3 Å². The molecule has 0 bridgehead atoms. The molecule has 0 aromatic heterocycles. The normalized spacial score (nSPS) is 9.50. The van der Waals surface area contributed by atoms with Gasteiger partial charge in [0.15, 0.2) is 0 Å². The lowest BCUT2D eigenvalue weighted by molar-refractivity contribution is -0.120. The highest BCUT2D eigenvalue weighted by Gasteiger charge is 2.03. The van der Waals surface area contributed by atoms with E-state index in [0.717, 1.165) is 10.0 Å². The number of hydrazine groups is 1. The third kappa shape index (κ3) is 2.32. The van der Waals surface area contributed by atoms with E-state index in [0.29, 0.717) is 6.42 Å². The number of halogens is 1. The first-order valence-electron chi connectivity index (χ1n) is 3.47. The van der Waals surface area contributed by atoms with E-state index in [1.165, 1.54) is 0 Å². The molecule has 0 heterocycles. The lowest BCUT2D eigenvalue weighted by atomic mass is 10.1. The molecule has 1 rings (SSSR count). The van der Waals surface area contributed by atoms with E-state index >= 15 is 0 Å². The number of hydrogen-bond acceptors (Lipinski definition) is 2. The van der Waals surface area contributed by atoms with E-state index < -0.39 is 0 Å². The van der Waals surface area contributed by atoms with Crippen LogP contribution in [0.4, 0.5) is 0 Å². The van der Waals surface area contributed by atoms with Gasteiger partial charge in [0.1, 0.15) is 0 Å². The number of nitrogens with one attached hydrogen (secondary N) is 1. The van der Waals surface area contributed by atoms with Crippen LogP contribution in [0.5, 0.6) is 0 Å². The Hall–Kier alpha value is -0.870. The number of rotatable bonds is 2. The summed E-state index contributed by atoms with van der Waals surface area (Å²) in [6, 6.07) is 7.54. The summed E-state index contributed by atoms with van der Waals surface area (Å²) in [6.07, 6.45) is 0.303. The summed E-state index contributed by atoms with van der Waals surface area (Å²) >= 11 is 3.33. The molecule has 0 atom stereocenters. The van der Waals surface area contributed by atoms with Crippen LogP contribution in [0.3, 0.4) is 0 Å². The van der Waals surface area contributed by atoms with Crippen LogP contribution >= 0.6 is 15.9 Å². The first-order valence-corrected chi connectivity index (χ1v) is 4.26. The fraction of sp³-hybridized carbons (Fsp3) is 0.125. The molecule has 0 aliphatic heterocycles. The highest BCUT2D eigenvalue weighted by atomic mass is 79.9. The lowest BCUT2D eigenvalue weighted by Gasteiger charge is -2.01. The van der Waals surface area contributed by atoms with Crippen molar-refractivity contribution < 1.29 is 4.79 Å². The molecule has 4 heteroatoms. The fourth-order valence-electron chi connectivity index (χ4n) is 0.866. The molecule has 3 N–H and O–H groups in total. The van der Waals surface area contributed by atoms with Gasteiger partial charge < -0.3 is 0 Å². The zero-order valence-electron chi connectivity index (χ0n) is 6.38. The summed E-state index contributed by atoms with van der Waals surface area (Å²) in [7, 11) is 0. The maximum Gasteiger partial charge on any atom is 0.238 e. The van der Waals surface area contributed by atoms with Gasteiger partial charge in [0.05, 0.1) is 6.42 Å². The molecule has 1 aromatic rings. The molecule has 12 heavy (non-hydrogen) atoms. The molecule has 0 saturated carbocycles. The Morgan fingerprint density at radius 3 is 2.75 bits per heavy atom. The summed E-state index contributed by atoms with van der Waals surface area (Å²) in [5.74, 6) is 4.76. The Labute approximate surface area is 79.1 Å². The molecule has 3 nitrogen and oxygen atoms in total. The van der Waals surface area contributed by atoms with Gasteiger partial charge in [-0.05, 0) is 11.6 Å². The van der Waals surface area contributed by atoms with Crippen molar-refractivity contribution in [1.29, 1.82) is 0 Å². The van der Waals surface area contributed by atoms with Crippen molar-refractivity contribution in [3.05, 3.63) is 34.3 Å². The Kier molecular flexibility index (Phi) is 3.25. The van der Waals surface area contributed by atoms with E-state index in [-0.39, 0.29) is 5.91 Å². The Bertz CT molecular complexity index is 288. The monoisotopic (exact) mass is 228 g/mol. The van der Waals surface area contributed by atoms with Gasteiger partial charge in [-0.3, -0.25) is 10.2 Å². The van der Waals surface area contributed by atoms with Crippen LogP contribution in [0, 0.1) is 0 Å². The van der Waals surface area contributed by atoms with Gasteiger partial charge in [-0.15, -0.1) is 0 Å². The van der Waals surface area contributed by atoms with Crippen LogP contribution in [0.1, 0.15) is 5.56 Å². The van der Waals surface area contributed by atoms with E-state index in [2.05, 4.69) is 21.4 Å². The number of amides is 1. The molecular formula is C8H9BrN2O. The summed E-state index contributed by atoms with van der Waals surface area (Å²) < 4.78 is 0.925. The second kappa shape index (κ2) is 4.23. The van der Waals surface area contributed by atoms with Gasteiger partial charge >= 0.3 is 0 Å². The quantitative estimate of drug-likeness (QED) is 0.451. The van der Waals surface area contributed by atoms with Gasteiger partial charge in [0.25, 0.3) is 0 Å². The summed E-state index contributed by atoms with van der Waals surface area (Å²) in [4.78, 5) is 10.9. The minimum absolute atomic E-state index is 0.193. The number of hydrogen-bond donors (Lipinski definition) is 2. The molecule has 64 valence electrons. The molecule has 0 saturated heterocycles. The molecule has 0 spiro atoms. The summed E-state index contributed by atoms with van der Waals surface area (Å²) in [6.45, 7) is 0. The maximum absolute atomic E-state index is 10.9. The van der Waals surface area contributed by atoms with Gasteiger partial charge in [-0.1, -0.05) is 34.1 Å². The second-order valence-corrected chi connectivity index (χ2v) is 3.19. The van der Waals surface area contributed by atoms with Crippen LogP contribution in [0.25, 0.3) is 0 Å². The SMILES string of the molecule is NNC(=O)Cc1ccccc1Br. The molecule has 0 unspecified atom stereocenters. The van der Waals surface area contributed by atoms with Crippen LogP contribution in [-0.4, -0.2) is 5.91 Å². The van der Waals surface area contributed by atoms with Crippen LogP contribution in [0.15, 0.2) is 28.7 Å². The second-order valence-electron chi connectivity index (χ2n) is 2.34. The Morgan fingerprint density at radius 2 is 2.17 bits per heavy atom. The average Bonchev–Trinajstić information content (AvgIpc) is 2.09. The lowest BCUT2D eigenvalue weighted by Crippen LogP contribution is -2.31. The zero-order chi connectivity index (χ0) is 8.97. The largest absolute Gasteiger partial charge is 0.294 e. The van der Waals surface area contributed by atoms with E-state index in [1.54, 1.807) is 0 Å². The standard InChI is InChI=1S/C8H9BrN2O/c9-7-4-2-1-3-6(7)5-8(12)11-10/h1-4H,5,10H2,(H,11,12). The third-order valence-electron chi connectivity index (χ3n) is 1.47. The predicted molar refractivity (Wildman–Crippen MR) is 50.2 cm³/mol. The van der Waals surface area contributed by atoms with E-state index in [9.17, 15) is 4.79 Å². The summed E-state index contributed by atoms with van der Waals surface area (Å²) in [5, 5.41) is 0. The van der Waals surface area contributed by atoms with Crippen molar-refractivity contribution in [3.63, 3.8) is 0 Å². The first kappa shape index (κ1) is 9.22. The van der Waals surface area contributed by atoms with Gasteiger partial charge in [0, 0.05) is 4.47 Å². The van der Waals surface area contributed by atoms with Crippen molar-refractivity contribution in [1.82, 2.24) is 5.43 Å². The topological polar surface area (TPSA) is 55.1 Å². The first-order chi connectivity index (χ1) is 5.74. The molecule has 0 aliphatic rings. The van der Waals surface area contributed by atoms with Crippen LogP contribution in [-0.2, 0) is 11.2 Å². The Morgan fingerprint density at radius 1 is 1.50 bits per heavy atom. The van der Waals surface area contributed by atoms with Crippen LogP contribution in [0.2, 0.25) is 0 Å². The van der Waals surface area contributed by atoms with Crippen molar-refractivity contribution >= 4 is 21.8 Å². The molecule has 1 aromatic carbocycles. The number of carbonyl (C=O) groups excluding carboxylic acids is 1. The smallest absolute Gasteiger partial charge is 0.238 e. The third-order valence-corrected chi connectivity index (χ3v) is 2.24. The molecule has 1 amide bonds. The summed E-state index contributed by atoms with van der Waals surface area (Å²) in [5.41, 5.74) is 3.01. The number of benzene rings is 1. The predicted octanol–water partition coefficient (Wildman–Crippen LogP) is 0.981. The minimum atomic E-state index is -0.193. The number of carbonyl (C=O) groups is 1. The fourth-order valence-corrected chi connectivity index (χ4v) is 1.29. The Balaban J connectivity index is 2.75. The molecule has 0 aliphatic carbocycles. The van der Waals surface area contributed by atoms with Gasteiger partial charge in [-0.25, -0.2) is 5.84 Å². The zero-order valence-corrected chi connectivity index (χ0v) is 7.97. The number of nitrogens with two attached hydrogens (primary N) is 1. The average molecular weight is 229 g/mol. The minimum Gasteiger partial charge on any atom is -0.294 e. The van der Waals surface area contributed by atoms with Crippen LogP contribution < -0.4 is 11.3 Å². The highest BCUT2D eigenvalue weighted by Crippen LogP contribution is 2.15. The maximum atomic E-state index is 10.9. The molecule has 0 fully saturated rings. The van der Waals surface area contributed by atoms with Gasteiger partial charge in [0.2, 0.25) is 5.91 Å². The van der Waals surface area contributed by atoms with Crippen molar-refractivity contribution in [2.24, 2.45) is 5.84 Å². The van der Waals surface area contributed by atoms with Crippen molar-refractivity contribution in [3.8, 4) is 0 Å².